The zero-order valence-electron chi connectivity index (χ0n) is 13.9. The molecule has 1 unspecified atom stereocenters. The zero-order chi connectivity index (χ0) is 17.0. The molecule has 5 nitrogen and oxygen atoms in total. The summed E-state index contributed by atoms with van der Waals surface area (Å²) in [5, 5.41) is 2.95. The van der Waals surface area contributed by atoms with Gasteiger partial charge in [-0.3, -0.25) is 4.79 Å². The largest absolute Gasteiger partial charge is 0.373 e. The van der Waals surface area contributed by atoms with E-state index in [2.05, 4.69) is 5.32 Å². The Morgan fingerprint density at radius 2 is 1.88 bits per heavy atom. The number of benzene rings is 1. The first kappa shape index (κ1) is 17.4. The Hall–Kier alpha value is -1.40. The van der Waals surface area contributed by atoms with Gasteiger partial charge in [-0.15, -0.1) is 0 Å². The van der Waals surface area contributed by atoms with Gasteiger partial charge in [0.1, 0.15) is 0 Å². The summed E-state index contributed by atoms with van der Waals surface area (Å²) >= 11 is 0. The first-order chi connectivity index (χ1) is 11.5. The molecule has 132 valence electrons. The van der Waals surface area contributed by atoms with Crippen LogP contribution in [0.4, 0.5) is 0 Å². The first-order valence-electron chi connectivity index (χ1n) is 8.70. The van der Waals surface area contributed by atoms with Crippen molar-refractivity contribution in [2.24, 2.45) is 0 Å². The molecule has 2 aliphatic rings. The van der Waals surface area contributed by atoms with E-state index in [0.717, 1.165) is 19.3 Å². The van der Waals surface area contributed by atoms with Gasteiger partial charge in [0, 0.05) is 6.42 Å². The fourth-order valence-electron chi connectivity index (χ4n) is 3.75. The van der Waals surface area contributed by atoms with E-state index >= 15 is 0 Å². The zero-order valence-corrected chi connectivity index (χ0v) is 14.7. The number of carbonyl (C=O) groups is 1. The maximum absolute atomic E-state index is 12.2. The Kier molecular flexibility index (Phi) is 5.25. The van der Waals surface area contributed by atoms with Crippen LogP contribution in [0.15, 0.2) is 35.2 Å². The van der Waals surface area contributed by atoms with Crippen molar-refractivity contribution in [3.05, 3.63) is 30.3 Å². The molecule has 1 heterocycles. The Morgan fingerprint density at radius 1 is 1.17 bits per heavy atom. The van der Waals surface area contributed by atoms with Crippen molar-refractivity contribution in [3.63, 3.8) is 0 Å². The standard InChI is InChI=1S/C18H25NO4S/c20-17(9-12-24(21,22)16-7-3-1-4-8-16)19-15-13-18(23-14-15)10-5-2-6-11-18/h1,3-4,7-8,15H,2,5-6,9-14H2,(H,19,20). The monoisotopic (exact) mass is 351 g/mol. The van der Waals surface area contributed by atoms with Gasteiger partial charge >= 0.3 is 0 Å². The van der Waals surface area contributed by atoms with E-state index in [9.17, 15) is 13.2 Å². The van der Waals surface area contributed by atoms with Crippen LogP contribution in [0.3, 0.4) is 0 Å². The highest BCUT2D eigenvalue weighted by atomic mass is 32.2. The molecule has 1 amide bonds. The van der Waals surface area contributed by atoms with Crippen molar-refractivity contribution in [1.29, 1.82) is 0 Å². The Bertz CT molecular complexity index is 666. The van der Waals surface area contributed by atoms with E-state index in [0.29, 0.717) is 6.61 Å². The number of ether oxygens (including phenoxy) is 1. The molecule has 3 rings (SSSR count). The van der Waals surface area contributed by atoms with Crippen molar-refractivity contribution in [2.45, 2.75) is 61.5 Å². The minimum atomic E-state index is -3.41. The molecule has 1 saturated heterocycles. The average molecular weight is 351 g/mol. The van der Waals surface area contributed by atoms with Gasteiger partial charge in [0.15, 0.2) is 9.84 Å². The van der Waals surface area contributed by atoms with Crippen molar-refractivity contribution < 1.29 is 17.9 Å². The van der Waals surface area contributed by atoms with Crippen LogP contribution in [0, 0.1) is 0 Å². The highest BCUT2D eigenvalue weighted by Gasteiger charge is 2.41. The van der Waals surface area contributed by atoms with Gasteiger partial charge in [0.25, 0.3) is 0 Å². The second-order valence-electron chi connectivity index (χ2n) is 6.91. The van der Waals surface area contributed by atoms with Crippen molar-refractivity contribution >= 4 is 15.7 Å². The van der Waals surface area contributed by atoms with E-state index in [4.69, 9.17) is 4.74 Å². The van der Waals surface area contributed by atoms with E-state index in [1.165, 1.54) is 19.3 Å². The van der Waals surface area contributed by atoms with Crippen LogP contribution >= 0.6 is 0 Å². The normalized spacial score (nSPS) is 23.2. The minimum Gasteiger partial charge on any atom is -0.373 e. The second kappa shape index (κ2) is 7.23. The van der Waals surface area contributed by atoms with Gasteiger partial charge in [-0.1, -0.05) is 37.5 Å². The lowest BCUT2D eigenvalue weighted by molar-refractivity contribution is -0.121. The Labute approximate surface area is 143 Å². The summed E-state index contributed by atoms with van der Waals surface area (Å²) in [6, 6.07) is 8.27. The molecule has 1 saturated carbocycles. The van der Waals surface area contributed by atoms with Gasteiger partial charge in [0.2, 0.25) is 5.91 Å². The fraction of sp³-hybridized carbons (Fsp3) is 0.611. The number of nitrogens with one attached hydrogen (secondary N) is 1. The van der Waals surface area contributed by atoms with Crippen LogP contribution in [0.25, 0.3) is 0 Å². The highest BCUT2D eigenvalue weighted by molar-refractivity contribution is 7.91. The molecule has 0 aromatic heterocycles. The Balaban J connectivity index is 1.48. The summed E-state index contributed by atoms with van der Waals surface area (Å²) in [6.45, 7) is 0.539. The Morgan fingerprint density at radius 3 is 2.58 bits per heavy atom. The number of sulfone groups is 1. The van der Waals surface area contributed by atoms with Crippen LogP contribution < -0.4 is 5.32 Å². The lowest BCUT2D eigenvalue weighted by Crippen LogP contribution is -2.38. The predicted octanol–water partition coefficient (Wildman–Crippen LogP) is 2.46. The molecule has 1 aliphatic heterocycles. The summed E-state index contributed by atoms with van der Waals surface area (Å²) in [5.74, 6) is -0.377. The van der Waals surface area contributed by atoms with Gasteiger partial charge in [-0.2, -0.15) is 0 Å². The highest BCUT2D eigenvalue weighted by Crippen LogP contribution is 2.39. The molecule has 0 bridgehead atoms. The summed E-state index contributed by atoms with van der Waals surface area (Å²) in [4.78, 5) is 12.4. The van der Waals surface area contributed by atoms with Gasteiger partial charge in [0.05, 0.1) is 28.9 Å². The molecule has 1 N–H and O–H groups in total. The summed E-state index contributed by atoms with van der Waals surface area (Å²) in [7, 11) is -3.41. The molecule has 1 aliphatic carbocycles. The van der Waals surface area contributed by atoms with Crippen LogP contribution in [0.5, 0.6) is 0 Å². The molecule has 6 heteroatoms. The summed E-state index contributed by atoms with van der Waals surface area (Å²) in [5.41, 5.74) is -0.0493. The van der Waals surface area contributed by atoms with E-state index < -0.39 is 9.84 Å². The van der Waals surface area contributed by atoms with Gasteiger partial charge in [-0.25, -0.2) is 8.42 Å². The number of amides is 1. The topological polar surface area (TPSA) is 72.5 Å². The summed E-state index contributed by atoms with van der Waals surface area (Å²) < 4.78 is 30.4. The fourth-order valence-corrected chi connectivity index (χ4v) is 5.02. The third kappa shape index (κ3) is 4.16. The number of hydrogen-bond acceptors (Lipinski definition) is 4. The lowest BCUT2D eigenvalue weighted by atomic mass is 9.82. The van der Waals surface area contributed by atoms with Gasteiger partial charge < -0.3 is 10.1 Å². The molecule has 1 atom stereocenters. The predicted molar refractivity (Wildman–Crippen MR) is 91.4 cm³/mol. The second-order valence-corrected chi connectivity index (χ2v) is 9.01. The minimum absolute atomic E-state index is 0.00929. The van der Waals surface area contributed by atoms with Crippen LogP contribution in [0.2, 0.25) is 0 Å². The van der Waals surface area contributed by atoms with Gasteiger partial charge in [-0.05, 0) is 31.4 Å². The van der Waals surface area contributed by atoms with E-state index in [1.54, 1.807) is 30.3 Å². The van der Waals surface area contributed by atoms with E-state index in [-0.39, 0.29) is 34.6 Å². The van der Waals surface area contributed by atoms with Crippen molar-refractivity contribution in [3.8, 4) is 0 Å². The quantitative estimate of drug-likeness (QED) is 0.884. The molecular formula is C18H25NO4S. The number of rotatable bonds is 5. The molecule has 1 spiro atoms. The SMILES string of the molecule is O=C(CCS(=O)(=O)c1ccccc1)NC1COC2(CCCCC2)C1. The molecular weight excluding hydrogens is 326 g/mol. The molecule has 1 aromatic carbocycles. The third-order valence-electron chi connectivity index (χ3n) is 5.04. The van der Waals surface area contributed by atoms with Crippen LogP contribution in [0.1, 0.15) is 44.9 Å². The van der Waals surface area contributed by atoms with E-state index in [1.807, 2.05) is 0 Å². The maximum Gasteiger partial charge on any atom is 0.221 e. The number of hydrogen-bond donors (Lipinski definition) is 1. The summed E-state index contributed by atoms with van der Waals surface area (Å²) in [6.07, 6.45) is 6.62. The number of carbonyl (C=O) groups excluding carboxylic acids is 1. The average Bonchev–Trinajstić information content (AvgIpc) is 2.96. The third-order valence-corrected chi connectivity index (χ3v) is 6.77. The van der Waals surface area contributed by atoms with Crippen molar-refractivity contribution in [1.82, 2.24) is 5.32 Å². The molecule has 1 aromatic rings. The lowest BCUT2D eigenvalue weighted by Gasteiger charge is -2.32. The van der Waals surface area contributed by atoms with Crippen molar-refractivity contribution in [2.75, 3.05) is 12.4 Å². The van der Waals surface area contributed by atoms with Crippen LogP contribution in [-0.2, 0) is 19.4 Å². The molecule has 24 heavy (non-hydrogen) atoms. The first-order valence-corrected chi connectivity index (χ1v) is 10.4. The smallest absolute Gasteiger partial charge is 0.221 e. The molecule has 2 fully saturated rings. The maximum atomic E-state index is 12.2. The molecule has 0 radical (unpaired) electrons. The van der Waals surface area contributed by atoms with Crippen LogP contribution in [-0.4, -0.2) is 38.3 Å².